The van der Waals surface area contributed by atoms with Crippen LogP contribution in [0.2, 0.25) is 10.2 Å². The average Bonchev–Trinajstić information content (AvgIpc) is 3.05. The number of nitrogens with zero attached hydrogens (tertiary/aromatic N) is 3. The second kappa shape index (κ2) is 6.90. The van der Waals surface area contributed by atoms with Gasteiger partial charge in [-0.3, -0.25) is 9.79 Å². The van der Waals surface area contributed by atoms with E-state index >= 15 is 0 Å². The number of dihydropyridines is 1. The molecule has 26 heavy (non-hydrogen) atoms. The number of carbonyl (C=O) groups excluding carboxylic acids is 1. The highest BCUT2D eigenvalue weighted by atomic mass is 35.5. The van der Waals surface area contributed by atoms with Crippen molar-refractivity contribution < 1.29 is 4.79 Å². The Hall–Kier alpha value is -2.70. The maximum absolute atomic E-state index is 12.4. The first-order valence-corrected chi connectivity index (χ1v) is 8.66. The van der Waals surface area contributed by atoms with Crippen molar-refractivity contribution in [2.24, 2.45) is 4.99 Å². The van der Waals surface area contributed by atoms with Gasteiger partial charge >= 0.3 is 0 Å². The fourth-order valence-electron chi connectivity index (χ4n) is 2.75. The number of rotatable bonds is 3. The van der Waals surface area contributed by atoms with Crippen molar-refractivity contribution in [2.45, 2.75) is 12.6 Å². The quantitative estimate of drug-likeness (QED) is 0.719. The molecule has 1 amide bonds. The van der Waals surface area contributed by atoms with Crippen LogP contribution in [0.25, 0.3) is 11.2 Å². The third-order valence-electron chi connectivity index (χ3n) is 3.94. The summed E-state index contributed by atoms with van der Waals surface area (Å²) in [5, 5.41) is 3.73. The lowest BCUT2D eigenvalue weighted by Crippen LogP contribution is -2.35. The van der Waals surface area contributed by atoms with Gasteiger partial charge in [0.05, 0.1) is 11.9 Å². The lowest BCUT2D eigenvalue weighted by molar-refractivity contribution is 0.0938. The monoisotopic (exact) mass is 385 g/mol. The molecule has 1 aliphatic rings. The molecule has 4 rings (SSSR count). The summed E-state index contributed by atoms with van der Waals surface area (Å²) < 4.78 is 0. The van der Waals surface area contributed by atoms with Crippen molar-refractivity contribution in [3.63, 3.8) is 0 Å². The Morgan fingerprint density at radius 3 is 3.04 bits per heavy atom. The van der Waals surface area contributed by atoms with Crippen LogP contribution in [0.1, 0.15) is 22.3 Å². The first-order chi connectivity index (χ1) is 12.6. The van der Waals surface area contributed by atoms with E-state index in [1.54, 1.807) is 30.5 Å². The van der Waals surface area contributed by atoms with Crippen molar-refractivity contribution in [1.82, 2.24) is 20.3 Å². The second-order valence-corrected chi connectivity index (χ2v) is 6.57. The number of benzene rings is 1. The van der Waals surface area contributed by atoms with Gasteiger partial charge in [0.1, 0.15) is 16.8 Å². The molecule has 130 valence electrons. The molecule has 2 N–H and O–H groups in total. The largest absolute Gasteiger partial charge is 0.344 e. The third kappa shape index (κ3) is 3.34. The van der Waals surface area contributed by atoms with E-state index in [1.165, 1.54) is 6.20 Å². The minimum atomic E-state index is -0.376. The van der Waals surface area contributed by atoms with E-state index in [4.69, 9.17) is 23.2 Å². The smallest absolute Gasteiger partial charge is 0.252 e. The first kappa shape index (κ1) is 16.8. The van der Waals surface area contributed by atoms with Crippen LogP contribution < -0.4 is 5.32 Å². The van der Waals surface area contributed by atoms with E-state index in [2.05, 4.69) is 25.3 Å². The molecule has 1 unspecified atom stereocenters. The molecule has 0 saturated carbocycles. The summed E-state index contributed by atoms with van der Waals surface area (Å²) in [6, 6.07) is 6.79. The van der Waals surface area contributed by atoms with E-state index < -0.39 is 0 Å². The molecule has 2 aromatic heterocycles. The van der Waals surface area contributed by atoms with Gasteiger partial charge in [0.25, 0.3) is 5.91 Å². The van der Waals surface area contributed by atoms with Gasteiger partial charge in [-0.2, -0.15) is 0 Å². The number of fused-ring (bicyclic) bond motifs is 1. The Morgan fingerprint density at radius 2 is 2.19 bits per heavy atom. The predicted molar refractivity (Wildman–Crippen MR) is 102 cm³/mol. The van der Waals surface area contributed by atoms with E-state index in [0.29, 0.717) is 39.0 Å². The van der Waals surface area contributed by atoms with Gasteiger partial charge in [0.15, 0.2) is 5.65 Å². The van der Waals surface area contributed by atoms with E-state index in [1.807, 2.05) is 12.2 Å². The van der Waals surface area contributed by atoms with Crippen LogP contribution in [0, 0.1) is 0 Å². The van der Waals surface area contributed by atoms with Crippen LogP contribution in [0.3, 0.4) is 0 Å². The molecule has 0 aliphatic carbocycles. The summed E-state index contributed by atoms with van der Waals surface area (Å²) in [5.74, 6) is -0.224. The Bertz CT molecular complexity index is 1060. The third-order valence-corrected chi connectivity index (χ3v) is 4.36. The molecular weight excluding hydrogens is 373 g/mol. The molecule has 8 heteroatoms. The van der Waals surface area contributed by atoms with Crippen molar-refractivity contribution in [3.8, 4) is 0 Å². The van der Waals surface area contributed by atoms with Crippen LogP contribution in [-0.2, 0) is 0 Å². The van der Waals surface area contributed by atoms with E-state index in [0.717, 1.165) is 5.56 Å². The number of H-pyrrole nitrogens is 1. The number of aromatic nitrogens is 3. The maximum atomic E-state index is 12.4. The molecule has 1 aromatic carbocycles. The molecule has 1 atom stereocenters. The molecular formula is C18H13Cl2N5O. The van der Waals surface area contributed by atoms with Crippen LogP contribution >= 0.6 is 23.2 Å². The lowest BCUT2D eigenvalue weighted by Gasteiger charge is -2.17. The molecule has 0 fully saturated rings. The fourth-order valence-corrected chi connectivity index (χ4v) is 3.08. The number of amides is 1. The van der Waals surface area contributed by atoms with E-state index in [-0.39, 0.29) is 12.1 Å². The van der Waals surface area contributed by atoms with E-state index in [9.17, 15) is 4.79 Å². The summed E-state index contributed by atoms with van der Waals surface area (Å²) in [5.41, 5.74) is 3.25. The molecule has 0 radical (unpaired) electrons. The zero-order chi connectivity index (χ0) is 18.1. The number of halogens is 2. The zero-order valence-electron chi connectivity index (χ0n) is 13.4. The van der Waals surface area contributed by atoms with Gasteiger partial charge in [-0.05, 0) is 24.3 Å². The van der Waals surface area contributed by atoms with Crippen LogP contribution in [0.4, 0.5) is 0 Å². The Balaban J connectivity index is 1.60. The van der Waals surface area contributed by atoms with Gasteiger partial charge in [0, 0.05) is 28.8 Å². The first-order valence-electron chi connectivity index (χ1n) is 7.91. The number of hydrogen-bond acceptors (Lipinski definition) is 4. The number of carbonyl (C=O) groups is 1. The molecule has 3 aromatic rings. The fraction of sp³-hybridized carbons (Fsp3) is 0.111. The summed E-state index contributed by atoms with van der Waals surface area (Å²) >= 11 is 11.9. The SMILES string of the molecule is O=C(NC1CC=CC(c2c[nH]c3ncc(Cl)nc23)=N1)c1cccc(Cl)c1. The minimum Gasteiger partial charge on any atom is -0.344 e. The standard InChI is InChI=1S/C18H13Cl2N5O/c19-11-4-1-3-10(7-11)18(26)25-15-6-2-5-13(23-15)12-8-21-17-16(12)24-14(20)9-22-17/h1-5,7-9,15H,6H2,(H,21,22)(H,25,26). The summed E-state index contributed by atoms with van der Waals surface area (Å²) in [7, 11) is 0. The molecule has 3 heterocycles. The molecule has 0 saturated heterocycles. The molecule has 6 nitrogen and oxygen atoms in total. The predicted octanol–water partition coefficient (Wildman–Crippen LogP) is 3.77. The van der Waals surface area contributed by atoms with Crippen LogP contribution in [-0.4, -0.2) is 32.7 Å². The number of aliphatic imine (C=N–C) groups is 1. The summed E-state index contributed by atoms with van der Waals surface area (Å²) in [6.07, 6.45) is 7.35. The van der Waals surface area contributed by atoms with Crippen molar-refractivity contribution in [2.75, 3.05) is 0 Å². The Kier molecular flexibility index (Phi) is 4.44. The summed E-state index contributed by atoms with van der Waals surface area (Å²) in [6.45, 7) is 0. The zero-order valence-corrected chi connectivity index (χ0v) is 14.9. The maximum Gasteiger partial charge on any atom is 0.252 e. The van der Waals surface area contributed by atoms with Gasteiger partial charge in [0.2, 0.25) is 0 Å². The Labute approximate surface area is 159 Å². The second-order valence-electron chi connectivity index (χ2n) is 5.74. The van der Waals surface area contributed by atoms with Crippen molar-refractivity contribution in [1.29, 1.82) is 0 Å². The number of aromatic amines is 1. The number of nitrogens with one attached hydrogen (secondary N) is 2. The molecule has 0 bridgehead atoms. The topological polar surface area (TPSA) is 83.0 Å². The number of allylic oxidation sites excluding steroid dienone is 1. The Morgan fingerprint density at radius 1 is 1.31 bits per heavy atom. The van der Waals surface area contributed by atoms with Crippen molar-refractivity contribution in [3.05, 3.63) is 70.1 Å². The number of hydrogen-bond donors (Lipinski definition) is 2. The summed E-state index contributed by atoms with van der Waals surface area (Å²) in [4.78, 5) is 28.6. The van der Waals surface area contributed by atoms with Gasteiger partial charge in [-0.25, -0.2) is 9.97 Å². The van der Waals surface area contributed by atoms with Gasteiger partial charge in [-0.1, -0.05) is 35.3 Å². The molecule has 0 spiro atoms. The lowest BCUT2D eigenvalue weighted by atomic mass is 10.1. The van der Waals surface area contributed by atoms with Crippen LogP contribution in [0.5, 0.6) is 0 Å². The van der Waals surface area contributed by atoms with Crippen LogP contribution in [0.15, 0.2) is 53.8 Å². The highest BCUT2D eigenvalue weighted by Crippen LogP contribution is 2.20. The van der Waals surface area contributed by atoms with Gasteiger partial charge < -0.3 is 10.3 Å². The van der Waals surface area contributed by atoms with Gasteiger partial charge in [-0.15, -0.1) is 0 Å². The highest BCUT2D eigenvalue weighted by molar-refractivity contribution is 6.31. The average molecular weight is 386 g/mol. The van der Waals surface area contributed by atoms with Crippen molar-refractivity contribution >= 4 is 46.0 Å². The minimum absolute atomic E-state index is 0.224. The normalized spacial score (nSPS) is 16.5. The molecule has 1 aliphatic heterocycles. The highest BCUT2D eigenvalue weighted by Gasteiger charge is 2.18.